The summed E-state index contributed by atoms with van der Waals surface area (Å²) in [6.07, 6.45) is 2.03. The molecule has 39 heavy (non-hydrogen) atoms. The van der Waals surface area contributed by atoms with E-state index in [1.165, 1.54) is 0 Å². The Hall–Kier alpha value is -3.10. The number of ether oxygens (including phenoxy) is 2. The summed E-state index contributed by atoms with van der Waals surface area (Å²) in [6.45, 7) is 12.3. The van der Waals surface area contributed by atoms with Crippen LogP contribution in [0.3, 0.4) is 0 Å². The molecule has 0 fully saturated rings. The van der Waals surface area contributed by atoms with Crippen molar-refractivity contribution in [2.45, 2.75) is 72.4 Å². The highest BCUT2D eigenvalue weighted by molar-refractivity contribution is 6.00. The summed E-state index contributed by atoms with van der Waals surface area (Å²) in [4.78, 5) is 30.6. The first kappa shape index (κ1) is 30.4. The number of benzene rings is 2. The molecule has 2 aromatic rings. The van der Waals surface area contributed by atoms with Gasteiger partial charge in [0.05, 0.1) is 6.10 Å². The van der Waals surface area contributed by atoms with Gasteiger partial charge in [0.1, 0.15) is 0 Å². The summed E-state index contributed by atoms with van der Waals surface area (Å²) < 4.78 is 10.8. The Morgan fingerprint density at radius 1 is 0.923 bits per heavy atom. The third kappa shape index (κ3) is 8.44. The molecule has 0 unspecified atom stereocenters. The lowest BCUT2D eigenvalue weighted by atomic mass is 10.00. The molecule has 2 atom stereocenters. The lowest BCUT2D eigenvalue weighted by Crippen LogP contribution is -2.47. The number of carbonyl (C=O) groups excluding carboxylic acids is 2. The number of aliphatic hydroxyl groups is 1. The second-order valence-corrected chi connectivity index (χ2v) is 10.9. The third-order valence-electron chi connectivity index (χ3n) is 6.92. The SMILES string of the molecule is CCCN(CCC)C(=O)c1cc(C)cc(C(=O)N(CCC(C)C)C[C@@H](O)[C@@H](N)Cc2ccc3c(c2)OCO3)c1. The van der Waals surface area contributed by atoms with E-state index in [0.29, 0.717) is 54.6 Å². The Kier molecular flexibility index (Phi) is 11.2. The van der Waals surface area contributed by atoms with Gasteiger partial charge in [-0.05, 0) is 80.0 Å². The Bertz CT molecular complexity index is 1110. The molecule has 0 radical (unpaired) electrons. The molecule has 0 aromatic heterocycles. The summed E-state index contributed by atoms with van der Waals surface area (Å²) in [7, 11) is 0. The highest BCUT2D eigenvalue weighted by atomic mass is 16.7. The van der Waals surface area contributed by atoms with Gasteiger partial charge in [0, 0.05) is 43.3 Å². The summed E-state index contributed by atoms with van der Waals surface area (Å²) >= 11 is 0. The van der Waals surface area contributed by atoms with Crippen LogP contribution < -0.4 is 15.2 Å². The van der Waals surface area contributed by atoms with E-state index in [-0.39, 0.29) is 25.2 Å². The minimum absolute atomic E-state index is 0.0593. The molecule has 0 spiro atoms. The third-order valence-corrected chi connectivity index (χ3v) is 6.92. The van der Waals surface area contributed by atoms with Crippen molar-refractivity contribution >= 4 is 11.8 Å². The van der Waals surface area contributed by atoms with Gasteiger partial charge in [0.2, 0.25) is 6.79 Å². The number of aryl methyl sites for hydroxylation is 1. The van der Waals surface area contributed by atoms with Gasteiger partial charge >= 0.3 is 0 Å². The second-order valence-electron chi connectivity index (χ2n) is 10.9. The molecular formula is C31H45N3O5. The first-order valence-electron chi connectivity index (χ1n) is 14.1. The second kappa shape index (κ2) is 14.3. The molecule has 2 amide bonds. The fraction of sp³-hybridized carbons (Fsp3) is 0.548. The molecular weight excluding hydrogens is 494 g/mol. The van der Waals surface area contributed by atoms with Crippen molar-refractivity contribution in [2.75, 3.05) is 33.0 Å². The first-order chi connectivity index (χ1) is 18.6. The van der Waals surface area contributed by atoms with Crippen molar-refractivity contribution in [1.29, 1.82) is 0 Å². The Morgan fingerprint density at radius 3 is 2.15 bits per heavy atom. The van der Waals surface area contributed by atoms with Crippen LogP contribution in [0.5, 0.6) is 11.5 Å². The minimum atomic E-state index is -0.929. The van der Waals surface area contributed by atoms with E-state index in [4.69, 9.17) is 15.2 Å². The van der Waals surface area contributed by atoms with Crippen LogP contribution in [-0.2, 0) is 6.42 Å². The van der Waals surface area contributed by atoms with Gasteiger partial charge in [-0.2, -0.15) is 0 Å². The monoisotopic (exact) mass is 539 g/mol. The fourth-order valence-corrected chi connectivity index (χ4v) is 4.78. The van der Waals surface area contributed by atoms with Crippen molar-refractivity contribution in [3.05, 3.63) is 58.7 Å². The van der Waals surface area contributed by atoms with E-state index in [1.807, 2.05) is 42.2 Å². The maximum atomic E-state index is 13.8. The molecule has 3 N–H and O–H groups in total. The van der Waals surface area contributed by atoms with Crippen molar-refractivity contribution in [1.82, 2.24) is 9.80 Å². The normalized spacial score (nSPS) is 13.8. The predicted molar refractivity (Wildman–Crippen MR) is 153 cm³/mol. The van der Waals surface area contributed by atoms with Crippen LogP contribution in [0.4, 0.5) is 0 Å². The summed E-state index contributed by atoms with van der Waals surface area (Å²) in [5.74, 6) is 1.48. The molecule has 3 rings (SSSR count). The number of hydrogen-bond donors (Lipinski definition) is 2. The molecule has 1 aliphatic heterocycles. The predicted octanol–water partition coefficient (Wildman–Crippen LogP) is 4.41. The summed E-state index contributed by atoms with van der Waals surface area (Å²) in [5.41, 5.74) is 9.15. The quantitative estimate of drug-likeness (QED) is 0.369. The lowest BCUT2D eigenvalue weighted by Gasteiger charge is -2.29. The largest absolute Gasteiger partial charge is 0.454 e. The molecule has 0 saturated carbocycles. The number of rotatable bonds is 14. The van der Waals surface area contributed by atoms with E-state index >= 15 is 0 Å². The van der Waals surface area contributed by atoms with E-state index in [0.717, 1.165) is 30.4 Å². The van der Waals surface area contributed by atoms with Crippen LogP contribution in [0, 0.1) is 12.8 Å². The average molecular weight is 540 g/mol. The smallest absolute Gasteiger partial charge is 0.253 e. The standard InChI is InChI=1S/C31H45N3O5/c1-6-11-33(12-7-2)30(36)24-14-22(5)15-25(18-24)31(37)34(13-10-21(3)4)19-27(35)26(32)16-23-8-9-28-29(17-23)39-20-38-28/h8-9,14-15,17-18,21,26-27,35H,6-7,10-13,16,19-20,32H2,1-5H3/t26-,27+/m0/s1. The highest BCUT2D eigenvalue weighted by Crippen LogP contribution is 2.32. The van der Waals surface area contributed by atoms with Gasteiger partial charge in [-0.15, -0.1) is 0 Å². The van der Waals surface area contributed by atoms with Crippen molar-refractivity contribution in [3.8, 4) is 11.5 Å². The maximum absolute atomic E-state index is 13.8. The Morgan fingerprint density at radius 2 is 1.54 bits per heavy atom. The number of nitrogens with zero attached hydrogens (tertiary/aromatic N) is 2. The van der Waals surface area contributed by atoms with Crippen molar-refractivity contribution in [2.24, 2.45) is 11.7 Å². The van der Waals surface area contributed by atoms with Gasteiger partial charge in [-0.25, -0.2) is 0 Å². The minimum Gasteiger partial charge on any atom is -0.454 e. The van der Waals surface area contributed by atoms with Crippen molar-refractivity contribution < 1.29 is 24.2 Å². The Balaban J connectivity index is 1.77. The molecule has 214 valence electrons. The zero-order valence-corrected chi connectivity index (χ0v) is 24.1. The van der Waals surface area contributed by atoms with Gasteiger partial charge in [-0.1, -0.05) is 33.8 Å². The van der Waals surface area contributed by atoms with E-state index in [1.54, 1.807) is 11.0 Å². The zero-order chi connectivity index (χ0) is 28.5. The first-order valence-corrected chi connectivity index (χ1v) is 14.1. The van der Waals surface area contributed by atoms with E-state index in [2.05, 4.69) is 27.7 Å². The number of carbonyl (C=O) groups is 2. The average Bonchev–Trinajstić information content (AvgIpc) is 3.37. The van der Waals surface area contributed by atoms with Crippen LogP contribution in [0.2, 0.25) is 0 Å². The van der Waals surface area contributed by atoms with Gasteiger partial charge < -0.3 is 30.1 Å². The van der Waals surface area contributed by atoms with Crippen LogP contribution in [-0.4, -0.2) is 71.8 Å². The molecule has 0 aliphatic carbocycles. The molecule has 8 nitrogen and oxygen atoms in total. The van der Waals surface area contributed by atoms with Crippen LogP contribution in [0.25, 0.3) is 0 Å². The molecule has 2 aromatic carbocycles. The molecule has 1 heterocycles. The molecule has 0 bridgehead atoms. The van der Waals surface area contributed by atoms with Crippen molar-refractivity contribution in [3.63, 3.8) is 0 Å². The van der Waals surface area contributed by atoms with E-state index in [9.17, 15) is 14.7 Å². The number of fused-ring (bicyclic) bond motifs is 1. The molecule has 8 heteroatoms. The van der Waals surface area contributed by atoms with Gasteiger partial charge in [0.15, 0.2) is 11.5 Å². The van der Waals surface area contributed by atoms with Crippen LogP contribution in [0.1, 0.15) is 78.8 Å². The topological polar surface area (TPSA) is 105 Å². The molecule has 1 aliphatic rings. The number of nitrogens with two attached hydrogens (primary N) is 1. The maximum Gasteiger partial charge on any atom is 0.253 e. The highest BCUT2D eigenvalue weighted by Gasteiger charge is 2.25. The zero-order valence-electron chi connectivity index (χ0n) is 24.1. The molecule has 0 saturated heterocycles. The summed E-state index contributed by atoms with van der Waals surface area (Å²) in [5, 5.41) is 11.1. The fourth-order valence-electron chi connectivity index (χ4n) is 4.78. The van der Waals surface area contributed by atoms with Gasteiger partial charge in [-0.3, -0.25) is 9.59 Å². The number of amides is 2. The van der Waals surface area contributed by atoms with Crippen LogP contribution >= 0.6 is 0 Å². The Labute approximate surface area is 233 Å². The van der Waals surface area contributed by atoms with Gasteiger partial charge in [0.25, 0.3) is 11.8 Å². The van der Waals surface area contributed by atoms with E-state index < -0.39 is 12.1 Å². The number of aliphatic hydroxyl groups excluding tert-OH is 1. The summed E-state index contributed by atoms with van der Waals surface area (Å²) in [6, 6.07) is 10.4. The van der Waals surface area contributed by atoms with Crippen LogP contribution in [0.15, 0.2) is 36.4 Å². The lowest BCUT2D eigenvalue weighted by molar-refractivity contribution is 0.0563. The number of hydrogen-bond acceptors (Lipinski definition) is 6.